The van der Waals surface area contributed by atoms with Crippen LogP contribution in [0.15, 0.2) is 29.4 Å². The third-order valence-electron chi connectivity index (χ3n) is 1.72. The summed E-state index contributed by atoms with van der Waals surface area (Å²) < 4.78 is 2.77. The molecule has 5 heteroatoms. The van der Waals surface area contributed by atoms with Gasteiger partial charge in [-0.2, -0.15) is 0 Å². The maximum atomic E-state index is 4.22. The summed E-state index contributed by atoms with van der Waals surface area (Å²) in [6.45, 7) is 2.01. The first kappa shape index (κ1) is 8.37. The molecule has 66 valence electrons. The average Bonchev–Trinajstić information content (AvgIpc) is 2.62. The van der Waals surface area contributed by atoms with Gasteiger partial charge in [-0.25, -0.2) is 4.98 Å². The van der Waals surface area contributed by atoms with Gasteiger partial charge in [0.15, 0.2) is 0 Å². The molecule has 0 unspecified atom stereocenters. The molecule has 0 fully saturated rings. The number of halogens is 1. The van der Waals surface area contributed by atoms with Crippen LogP contribution in [0.5, 0.6) is 0 Å². The fourth-order valence-corrected chi connectivity index (χ4v) is 1.20. The molecule has 0 aliphatic carbocycles. The Morgan fingerprint density at radius 2 is 2.00 bits per heavy atom. The SMILES string of the molecule is Cc1cc(-n2cnnc2)ncc1Br. The van der Waals surface area contributed by atoms with Crippen LogP contribution in [-0.2, 0) is 0 Å². The van der Waals surface area contributed by atoms with Crippen LogP contribution >= 0.6 is 15.9 Å². The van der Waals surface area contributed by atoms with E-state index in [-0.39, 0.29) is 0 Å². The van der Waals surface area contributed by atoms with Crippen LogP contribution in [0.4, 0.5) is 0 Å². The summed E-state index contributed by atoms with van der Waals surface area (Å²) >= 11 is 3.39. The summed E-state index contributed by atoms with van der Waals surface area (Å²) in [5, 5.41) is 7.42. The van der Waals surface area contributed by atoms with Crippen LogP contribution in [0.25, 0.3) is 5.82 Å². The normalized spacial score (nSPS) is 10.3. The number of aryl methyl sites for hydroxylation is 1. The molecule has 2 aromatic heterocycles. The number of pyridine rings is 1. The van der Waals surface area contributed by atoms with Crippen molar-refractivity contribution in [3.8, 4) is 5.82 Å². The van der Waals surface area contributed by atoms with Crippen LogP contribution < -0.4 is 0 Å². The largest absolute Gasteiger partial charge is 0.272 e. The van der Waals surface area contributed by atoms with E-state index in [4.69, 9.17) is 0 Å². The quantitative estimate of drug-likeness (QED) is 0.761. The van der Waals surface area contributed by atoms with Crippen molar-refractivity contribution in [2.75, 3.05) is 0 Å². The smallest absolute Gasteiger partial charge is 0.139 e. The summed E-state index contributed by atoms with van der Waals surface area (Å²) in [7, 11) is 0. The molecule has 2 heterocycles. The van der Waals surface area contributed by atoms with Crippen LogP contribution in [0.3, 0.4) is 0 Å². The van der Waals surface area contributed by atoms with Crippen LogP contribution in [-0.4, -0.2) is 19.7 Å². The highest BCUT2D eigenvalue weighted by molar-refractivity contribution is 9.10. The third kappa shape index (κ3) is 1.60. The van der Waals surface area contributed by atoms with Gasteiger partial charge in [-0.05, 0) is 34.5 Å². The van der Waals surface area contributed by atoms with Crippen molar-refractivity contribution in [3.63, 3.8) is 0 Å². The van der Waals surface area contributed by atoms with Crippen molar-refractivity contribution in [1.29, 1.82) is 0 Å². The van der Waals surface area contributed by atoms with Gasteiger partial charge in [0.2, 0.25) is 0 Å². The maximum Gasteiger partial charge on any atom is 0.139 e. The van der Waals surface area contributed by atoms with Gasteiger partial charge < -0.3 is 0 Å². The van der Waals surface area contributed by atoms with Crippen molar-refractivity contribution in [1.82, 2.24) is 19.7 Å². The van der Waals surface area contributed by atoms with E-state index >= 15 is 0 Å². The second kappa shape index (κ2) is 3.26. The Balaban J connectivity index is 2.49. The van der Waals surface area contributed by atoms with E-state index in [0.29, 0.717) is 0 Å². The molecule has 2 aromatic rings. The molecule has 0 bridgehead atoms. The van der Waals surface area contributed by atoms with Gasteiger partial charge >= 0.3 is 0 Å². The first-order chi connectivity index (χ1) is 6.27. The van der Waals surface area contributed by atoms with E-state index < -0.39 is 0 Å². The minimum absolute atomic E-state index is 0.825. The van der Waals surface area contributed by atoms with E-state index in [0.717, 1.165) is 15.9 Å². The maximum absolute atomic E-state index is 4.22. The number of nitrogens with zero attached hydrogens (tertiary/aromatic N) is 4. The summed E-state index contributed by atoms with van der Waals surface area (Å²) in [4.78, 5) is 4.22. The lowest BCUT2D eigenvalue weighted by molar-refractivity contribution is 0.982. The van der Waals surface area contributed by atoms with E-state index in [1.807, 2.05) is 13.0 Å². The van der Waals surface area contributed by atoms with Gasteiger partial charge in [0.25, 0.3) is 0 Å². The number of aromatic nitrogens is 4. The molecule has 0 saturated carbocycles. The van der Waals surface area contributed by atoms with Crippen molar-refractivity contribution in [2.24, 2.45) is 0 Å². The van der Waals surface area contributed by atoms with E-state index in [2.05, 4.69) is 31.1 Å². The predicted octanol–water partition coefficient (Wildman–Crippen LogP) is 1.73. The highest BCUT2D eigenvalue weighted by atomic mass is 79.9. The van der Waals surface area contributed by atoms with Crippen LogP contribution in [0.1, 0.15) is 5.56 Å². The summed E-state index contributed by atoms with van der Waals surface area (Å²) in [5.41, 5.74) is 1.14. The Morgan fingerprint density at radius 3 is 2.62 bits per heavy atom. The highest BCUT2D eigenvalue weighted by Crippen LogP contribution is 2.16. The van der Waals surface area contributed by atoms with E-state index in [1.54, 1.807) is 23.4 Å². The molecule has 0 amide bonds. The molecule has 0 aliphatic heterocycles. The Bertz CT molecular complexity index is 410. The van der Waals surface area contributed by atoms with Gasteiger partial charge in [0, 0.05) is 10.7 Å². The average molecular weight is 239 g/mol. The lowest BCUT2D eigenvalue weighted by Gasteiger charge is -2.02. The molecule has 0 spiro atoms. The number of rotatable bonds is 1. The Labute approximate surface area is 83.8 Å². The molecule has 0 radical (unpaired) electrons. The molecular formula is C8H7BrN4. The summed E-state index contributed by atoms with van der Waals surface area (Å²) in [6, 6.07) is 1.97. The topological polar surface area (TPSA) is 43.6 Å². The number of hydrogen-bond acceptors (Lipinski definition) is 3. The van der Waals surface area contributed by atoms with Gasteiger partial charge in [-0.15, -0.1) is 10.2 Å². The van der Waals surface area contributed by atoms with Gasteiger partial charge in [-0.1, -0.05) is 0 Å². The van der Waals surface area contributed by atoms with Crippen molar-refractivity contribution in [2.45, 2.75) is 6.92 Å². The second-order valence-electron chi connectivity index (χ2n) is 2.66. The zero-order chi connectivity index (χ0) is 9.26. The second-order valence-corrected chi connectivity index (χ2v) is 3.52. The number of hydrogen-bond donors (Lipinski definition) is 0. The highest BCUT2D eigenvalue weighted by Gasteiger charge is 2.00. The minimum atomic E-state index is 0.825. The van der Waals surface area contributed by atoms with E-state index in [1.165, 1.54) is 0 Å². The van der Waals surface area contributed by atoms with Crippen molar-refractivity contribution in [3.05, 3.63) is 35.0 Å². The first-order valence-corrected chi connectivity index (χ1v) is 4.54. The van der Waals surface area contributed by atoms with Crippen molar-refractivity contribution < 1.29 is 0 Å². The molecule has 4 nitrogen and oxygen atoms in total. The fourth-order valence-electron chi connectivity index (χ4n) is 0.985. The molecule has 0 atom stereocenters. The third-order valence-corrected chi connectivity index (χ3v) is 2.55. The lowest BCUT2D eigenvalue weighted by Crippen LogP contribution is -1.94. The van der Waals surface area contributed by atoms with Gasteiger partial charge in [-0.3, -0.25) is 4.57 Å². The standard InChI is InChI=1S/C8H7BrN4/c1-6-2-8(10-3-7(6)9)13-4-11-12-5-13/h2-5H,1H3. The molecule has 2 rings (SSSR count). The van der Waals surface area contributed by atoms with Crippen molar-refractivity contribution >= 4 is 15.9 Å². The summed E-state index contributed by atoms with van der Waals surface area (Å²) in [5.74, 6) is 0.825. The molecular weight excluding hydrogens is 232 g/mol. The molecule has 0 N–H and O–H groups in total. The Hall–Kier alpha value is -1.23. The lowest BCUT2D eigenvalue weighted by atomic mass is 10.3. The van der Waals surface area contributed by atoms with Crippen LogP contribution in [0.2, 0.25) is 0 Å². The monoisotopic (exact) mass is 238 g/mol. The van der Waals surface area contributed by atoms with E-state index in [9.17, 15) is 0 Å². The Kier molecular flexibility index (Phi) is 2.10. The first-order valence-electron chi connectivity index (χ1n) is 3.74. The zero-order valence-electron chi connectivity index (χ0n) is 6.98. The fraction of sp³-hybridized carbons (Fsp3) is 0.125. The molecule has 0 aliphatic rings. The van der Waals surface area contributed by atoms with Gasteiger partial charge in [0.1, 0.15) is 18.5 Å². The molecule has 0 aromatic carbocycles. The predicted molar refractivity (Wildman–Crippen MR) is 51.6 cm³/mol. The Morgan fingerprint density at radius 1 is 1.31 bits per heavy atom. The zero-order valence-corrected chi connectivity index (χ0v) is 8.56. The minimum Gasteiger partial charge on any atom is -0.272 e. The summed E-state index contributed by atoms with van der Waals surface area (Å²) in [6.07, 6.45) is 5.01. The molecule has 0 saturated heterocycles. The molecule has 13 heavy (non-hydrogen) atoms. The van der Waals surface area contributed by atoms with Crippen LogP contribution in [0, 0.1) is 6.92 Å². The van der Waals surface area contributed by atoms with Gasteiger partial charge in [0.05, 0.1) is 0 Å².